The Kier molecular flexibility index (Phi) is 3.75. The lowest BCUT2D eigenvalue weighted by atomic mass is 9.50. The van der Waals surface area contributed by atoms with Crippen molar-refractivity contribution in [2.45, 2.75) is 40.0 Å². The summed E-state index contributed by atoms with van der Waals surface area (Å²) in [7, 11) is 0. The first-order chi connectivity index (χ1) is 10.8. The number of hydrogen-bond donors (Lipinski definition) is 0. The van der Waals surface area contributed by atoms with Crippen LogP contribution in [0.15, 0.2) is 48.6 Å². The van der Waals surface area contributed by atoms with E-state index in [2.05, 4.69) is 37.7 Å². The Morgan fingerprint density at radius 1 is 1.30 bits per heavy atom. The van der Waals surface area contributed by atoms with Crippen LogP contribution < -0.4 is 0 Å². The predicted octanol–water partition coefficient (Wildman–Crippen LogP) is 4.53. The van der Waals surface area contributed by atoms with Gasteiger partial charge in [0.25, 0.3) is 5.91 Å². The molecule has 0 spiro atoms. The third-order valence-corrected chi connectivity index (χ3v) is 5.40. The number of nitrogens with zero attached hydrogens (tertiary/aromatic N) is 2. The van der Waals surface area contributed by atoms with E-state index in [4.69, 9.17) is 0 Å². The van der Waals surface area contributed by atoms with Crippen molar-refractivity contribution in [3.63, 3.8) is 0 Å². The Balaban J connectivity index is 1.98. The van der Waals surface area contributed by atoms with Crippen molar-refractivity contribution in [2.75, 3.05) is 0 Å². The summed E-state index contributed by atoms with van der Waals surface area (Å²) in [6.45, 7) is 12.3. The van der Waals surface area contributed by atoms with Gasteiger partial charge in [-0.1, -0.05) is 49.4 Å². The number of aromatic nitrogens is 2. The van der Waals surface area contributed by atoms with E-state index in [1.807, 2.05) is 38.1 Å². The zero-order valence-corrected chi connectivity index (χ0v) is 14.3. The Hall–Kier alpha value is -2.16. The van der Waals surface area contributed by atoms with Gasteiger partial charge in [-0.05, 0) is 44.2 Å². The minimum absolute atomic E-state index is 0.0300. The lowest BCUT2D eigenvalue weighted by Gasteiger charge is -2.53. The normalized spacial score (nSPS) is 26.6. The zero-order chi connectivity index (χ0) is 16.8. The minimum Gasteiger partial charge on any atom is -0.272 e. The van der Waals surface area contributed by atoms with Crippen LogP contribution in [0.5, 0.6) is 0 Å². The second-order valence-electron chi connectivity index (χ2n) is 7.07. The number of carbonyl (C=O) groups is 1. The Labute approximate surface area is 138 Å². The summed E-state index contributed by atoms with van der Waals surface area (Å²) in [5.41, 5.74) is 4.11. The van der Waals surface area contributed by atoms with Gasteiger partial charge >= 0.3 is 0 Å². The van der Waals surface area contributed by atoms with Crippen molar-refractivity contribution >= 4 is 5.91 Å². The van der Waals surface area contributed by atoms with Crippen LogP contribution >= 0.6 is 0 Å². The highest BCUT2D eigenvalue weighted by atomic mass is 16.2. The molecule has 1 saturated carbocycles. The van der Waals surface area contributed by atoms with Gasteiger partial charge in [0.1, 0.15) is 0 Å². The van der Waals surface area contributed by atoms with Crippen LogP contribution in [-0.4, -0.2) is 15.7 Å². The Morgan fingerprint density at radius 3 is 2.48 bits per heavy atom. The molecule has 1 aliphatic rings. The van der Waals surface area contributed by atoms with Crippen LogP contribution in [0.25, 0.3) is 0 Å². The van der Waals surface area contributed by atoms with E-state index in [1.54, 1.807) is 4.68 Å². The van der Waals surface area contributed by atoms with Gasteiger partial charge in [-0.25, -0.2) is 4.68 Å². The monoisotopic (exact) mass is 308 g/mol. The first kappa shape index (κ1) is 15.7. The van der Waals surface area contributed by atoms with Crippen molar-refractivity contribution in [1.82, 2.24) is 9.78 Å². The van der Waals surface area contributed by atoms with Gasteiger partial charge in [-0.15, -0.1) is 0 Å². The predicted molar refractivity (Wildman–Crippen MR) is 92.5 cm³/mol. The first-order valence-electron chi connectivity index (χ1n) is 8.13. The maximum Gasteiger partial charge on any atom is 0.250 e. The second kappa shape index (κ2) is 5.48. The molecule has 23 heavy (non-hydrogen) atoms. The van der Waals surface area contributed by atoms with Crippen molar-refractivity contribution in [3.8, 4) is 0 Å². The number of hydrogen-bond acceptors (Lipinski definition) is 2. The molecule has 1 fully saturated rings. The lowest BCUT2D eigenvalue weighted by Crippen LogP contribution is -2.49. The molecule has 0 saturated heterocycles. The summed E-state index contributed by atoms with van der Waals surface area (Å²) < 4.78 is 1.58. The summed E-state index contributed by atoms with van der Waals surface area (Å²) in [5, 5.41) is 4.38. The van der Waals surface area contributed by atoms with Gasteiger partial charge in [0.2, 0.25) is 0 Å². The molecule has 1 heterocycles. The summed E-state index contributed by atoms with van der Waals surface area (Å²) >= 11 is 0. The van der Waals surface area contributed by atoms with Gasteiger partial charge in [-0.3, -0.25) is 4.79 Å². The third-order valence-electron chi connectivity index (χ3n) is 5.40. The molecular weight excluding hydrogens is 284 g/mol. The van der Waals surface area contributed by atoms with E-state index in [0.29, 0.717) is 0 Å². The zero-order valence-electron chi connectivity index (χ0n) is 14.3. The molecule has 0 amide bonds. The molecule has 3 atom stereocenters. The summed E-state index contributed by atoms with van der Waals surface area (Å²) in [6, 6.07) is 12.3. The van der Waals surface area contributed by atoms with Crippen LogP contribution in [0.4, 0.5) is 0 Å². The van der Waals surface area contributed by atoms with E-state index in [1.165, 1.54) is 5.56 Å². The highest BCUT2D eigenvalue weighted by Crippen LogP contribution is 2.60. The summed E-state index contributed by atoms with van der Waals surface area (Å²) in [5.74, 6) is 0.220. The van der Waals surface area contributed by atoms with Crippen molar-refractivity contribution in [1.29, 1.82) is 0 Å². The maximum atomic E-state index is 13.0. The van der Waals surface area contributed by atoms with Gasteiger partial charge < -0.3 is 0 Å². The van der Waals surface area contributed by atoms with Crippen molar-refractivity contribution < 1.29 is 4.79 Å². The molecule has 0 bridgehead atoms. The molecule has 0 radical (unpaired) electrons. The van der Waals surface area contributed by atoms with Crippen LogP contribution in [0.1, 0.15) is 47.9 Å². The average Bonchev–Trinajstić information content (AvgIpc) is 2.83. The third kappa shape index (κ3) is 2.44. The van der Waals surface area contributed by atoms with E-state index in [9.17, 15) is 4.79 Å². The first-order valence-corrected chi connectivity index (χ1v) is 8.13. The number of carbonyl (C=O) groups excluding carboxylic acids is 1. The van der Waals surface area contributed by atoms with E-state index < -0.39 is 0 Å². The summed E-state index contributed by atoms with van der Waals surface area (Å²) in [4.78, 5) is 13.0. The second-order valence-corrected chi connectivity index (χ2v) is 7.07. The standard InChI is InChI=1S/C20H24N2O/c1-13(2)20(5)12-17(18(20)16-9-7-6-8-10-16)19(23)22-15(4)11-14(3)21-22/h6-11,17-18H,1,12H2,2-5H3/t17-,18+,20-/m0/s1. The fourth-order valence-electron chi connectivity index (χ4n) is 3.92. The van der Waals surface area contributed by atoms with Gasteiger partial charge in [0, 0.05) is 17.5 Å². The summed E-state index contributed by atoms with van der Waals surface area (Å²) in [6.07, 6.45) is 0.832. The molecule has 0 aliphatic heterocycles. The molecule has 1 aliphatic carbocycles. The van der Waals surface area contributed by atoms with Crippen LogP contribution in [-0.2, 0) is 0 Å². The molecular formula is C20H24N2O. The number of aryl methyl sites for hydroxylation is 2. The number of benzene rings is 1. The van der Waals surface area contributed by atoms with E-state index in [0.717, 1.165) is 23.4 Å². The smallest absolute Gasteiger partial charge is 0.250 e. The molecule has 0 unspecified atom stereocenters. The molecule has 120 valence electrons. The molecule has 1 aromatic carbocycles. The van der Waals surface area contributed by atoms with Gasteiger partial charge in [0.15, 0.2) is 0 Å². The SMILES string of the molecule is C=C(C)[C@]1(C)C[C@H](C(=O)n2nc(C)cc2C)[C@H]1c1ccccc1. The Bertz CT molecular complexity index is 759. The molecule has 1 aromatic heterocycles. The van der Waals surface area contributed by atoms with E-state index in [-0.39, 0.29) is 23.2 Å². The van der Waals surface area contributed by atoms with Crippen LogP contribution in [0.3, 0.4) is 0 Å². The van der Waals surface area contributed by atoms with Gasteiger partial charge in [-0.2, -0.15) is 5.10 Å². The minimum atomic E-state index is -0.0444. The molecule has 3 heteroatoms. The molecule has 2 aromatic rings. The maximum absolute atomic E-state index is 13.0. The lowest BCUT2D eigenvalue weighted by molar-refractivity contribution is 0.0378. The highest BCUT2D eigenvalue weighted by molar-refractivity contribution is 5.84. The fourth-order valence-corrected chi connectivity index (χ4v) is 3.92. The number of allylic oxidation sites excluding steroid dienone is 1. The van der Waals surface area contributed by atoms with Crippen molar-refractivity contribution in [3.05, 3.63) is 65.5 Å². The van der Waals surface area contributed by atoms with E-state index >= 15 is 0 Å². The highest BCUT2D eigenvalue weighted by Gasteiger charge is 2.55. The largest absolute Gasteiger partial charge is 0.272 e. The number of rotatable bonds is 3. The van der Waals surface area contributed by atoms with Gasteiger partial charge in [0.05, 0.1) is 5.69 Å². The quantitative estimate of drug-likeness (QED) is 0.781. The molecule has 0 N–H and O–H groups in total. The Morgan fingerprint density at radius 2 is 1.96 bits per heavy atom. The van der Waals surface area contributed by atoms with Crippen molar-refractivity contribution in [2.24, 2.45) is 11.3 Å². The fraction of sp³-hybridized carbons (Fsp3) is 0.400. The molecule has 3 rings (SSSR count). The van der Waals surface area contributed by atoms with Crippen LogP contribution in [0.2, 0.25) is 0 Å². The van der Waals surface area contributed by atoms with Crippen LogP contribution in [0, 0.1) is 25.2 Å². The topological polar surface area (TPSA) is 34.9 Å². The molecule has 3 nitrogen and oxygen atoms in total. The average molecular weight is 308 g/mol.